The van der Waals surface area contributed by atoms with Crippen molar-refractivity contribution in [1.29, 1.82) is 0 Å². The molecule has 0 aliphatic carbocycles. The Hall–Kier alpha value is 1.05. The molecule has 1 rings (SSSR count). The minimum atomic E-state index is -1.22. The van der Waals surface area contributed by atoms with Crippen molar-refractivity contribution in [2.24, 2.45) is 0 Å². The van der Waals surface area contributed by atoms with Gasteiger partial charge in [-0.25, -0.2) is 0 Å². The molecule has 1 heterocycles. The maximum Gasteiger partial charge on any atom is 0.180 e. The van der Waals surface area contributed by atoms with Gasteiger partial charge in [-0.1, -0.05) is 121 Å². The number of hydrogen-bond donors (Lipinski definition) is 0. The smallest absolute Gasteiger partial charge is 0.180 e. The van der Waals surface area contributed by atoms with E-state index in [4.69, 9.17) is 39.2 Å². The fourth-order valence-corrected chi connectivity index (χ4v) is 8.37. The largest absolute Gasteiger partial charge is 0.403 e. The number of hydrogen-bond acceptors (Lipinski definition) is 1. The summed E-state index contributed by atoms with van der Waals surface area (Å²) in [6.45, 7) is 2.29. The standard InChI is InChI=1S/C22H43Cl3OSi/c1-2-3-4-5-6-7-8-9-10-11-12-13-14-15-16-17-18-27-19-20(23)21(24)22(25)26-27/h20-22,27H,2-19H2,1H3. The lowest BCUT2D eigenvalue weighted by Crippen LogP contribution is -2.41. The molecule has 0 bridgehead atoms. The van der Waals surface area contributed by atoms with Gasteiger partial charge < -0.3 is 4.43 Å². The summed E-state index contributed by atoms with van der Waals surface area (Å²) in [4.78, 5) is 0. The molecule has 1 aliphatic heterocycles. The van der Waals surface area contributed by atoms with Crippen LogP contribution in [0.1, 0.15) is 110 Å². The van der Waals surface area contributed by atoms with Crippen LogP contribution in [0, 0.1) is 0 Å². The summed E-state index contributed by atoms with van der Waals surface area (Å²) >= 11 is 18.5. The average molecular weight is 458 g/mol. The van der Waals surface area contributed by atoms with Gasteiger partial charge in [0.2, 0.25) is 0 Å². The van der Waals surface area contributed by atoms with Gasteiger partial charge in [0.15, 0.2) is 9.04 Å². The van der Waals surface area contributed by atoms with E-state index in [1.807, 2.05) is 0 Å². The Morgan fingerprint density at radius 1 is 0.667 bits per heavy atom. The predicted octanol–water partition coefficient (Wildman–Crippen LogP) is 8.78. The van der Waals surface area contributed by atoms with Crippen LogP contribution >= 0.6 is 34.8 Å². The van der Waals surface area contributed by atoms with Gasteiger partial charge in [-0.3, -0.25) is 0 Å². The summed E-state index contributed by atoms with van der Waals surface area (Å²) in [5.74, 6) is 0. The van der Waals surface area contributed by atoms with Gasteiger partial charge in [0.05, 0.1) is 10.8 Å². The Morgan fingerprint density at radius 2 is 1.07 bits per heavy atom. The van der Waals surface area contributed by atoms with Crippen LogP contribution < -0.4 is 0 Å². The van der Waals surface area contributed by atoms with E-state index in [1.165, 1.54) is 109 Å². The van der Waals surface area contributed by atoms with E-state index in [0.29, 0.717) is 0 Å². The van der Waals surface area contributed by atoms with Gasteiger partial charge in [-0.15, -0.1) is 23.2 Å². The van der Waals surface area contributed by atoms with Gasteiger partial charge in [0.25, 0.3) is 0 Å². The first-order valence-corrected chi connectivity index (χ1v) is 15.1. The molecule has 0 aromatic heterocycles. The minimum absolute atomic E-state index is 0.000594. The molecule has 1 aliphatic rings. The van der Waals surface area contributed by atoms with Crippen molar-refractivity contribution < 1.29 is 4.43 Å². The van der Waals surface area contributed by atoms with E-state index < -0.39 is 9.04 Å². The Balaban J connectivity index is 1.77. The van der Waals surface area contributed by atoms with E-state index >= 15 is 0 Å². The molecule has 1 nitrogen and oxygen atoms in total. The molecular formula is C22H43Cl3OSi. The number of alkyl halides is 3. The van der Waals surface area contributed by atoms with Crippen molar-refractivity contribution in [1.82, 2.24) is 0 Å². The lowest BCUT2D eigenvalue weighted by Gasteiger charge is -2.32. The third kappa shape index (κ3) is 13.8. The van der Waals surface area contributed by atoms with Crippen molar-refractivity contribution >= 4 is 43.8 Å². The maximum atomic E-state index is 6.27. The van der Waals surface area contributed by atoms with E-state index in [0.717, 1.165) is 6.04 Å². The van der Waals surface area contributed by atoms with Crippen LogP contribution in [-0.2, 0) is 4.43 Å². The highest BCUT2D eigenvalue weighted by molar-refractivity contribution is 6.55. The highest BCUT2D eigenvalue weighted by atomic mass is 35.5. The van der Waals surface area contributed by atoms with Crippen LogP contribution in [0.25, 0.3) is 0 Å². The van der Waals surface area contributed by atoms with Crippen LogP contribution in [-0.4, -0.2) is 25.4 Å². The fourth-order valence-electron chi connectivity index (χ4n) is 3.97. The lowest BCUT2D eigenvalue weighted by atomic mass is 10.0. The van der Waals surface area contributed by atoms with Crippen LogP contribution in [0.2, 0.25) is 12.1 Å². The number of rotatable bonds is 17. The second-order valence-electron chi connectivity index (χ2n) is 8.40. The molecule has 1 saturated heterocycles. The van der Waals surface area contributed by atoms with Gasteiger partial charge >= 0.3 is 0 Å². The minimum Gasteiger partial charge on any atom is -0.403 e. The van der Waals surface area contributed by atoms with Crippen LogP contribution in [0.5, 0.6) is 0 Å². The molecule has 162 valence electrons. The van der Waals surface area contributed by atoms with Gasteiger partial charge in [0, 0.05) is 0 Å². The zero-order chi connectivity index (χ0) is 19.7. The van der Waals surface area contributed by atoms with Crippen molar-refractivity contribution in [2.75, 3.05) is 0 Å². The quantitative estimate of drug-likeness (QED) is 0.120. The van der Waals surface area contributed by atoms with E-state index in [-0.39, 0.29) is 16.3 Å². The summed E-state index contributed by atoms with van der Waals surface area (Å²) in [7, 11) is -1.22. The normalized spacial score (nSPS) is 25.8. The molecule has 0 amide bonds. The Kier molecular flexibility index (Phi) is 17.3. The molecule has 0 spiro atoms. The first-order chi connectivity index (χ1) is 13.1. The van der Waals surface area contributed by atoms with Crippen molar-refractivity contribution in [3.8, 4) is 0 Å². The van der Waals surface area contributed by atoms with Crippen LogP contribution in [0.3, 0.4) is 0 Å². The van der Waals surface area contributed by atoms with Crippen molar-refractivity contribution in [2.45, 2.75) is 138 Å². The van der Waals surface area contributed by atoms with Crippen molar-refractivity contribution in [3.05, 3.63) is 0 Å². The molecular weight excluding hydrogens is 415 g/mol. The molecule has 0 radical (unpaired) electrons. The third-order valence-electron chi connectivity index (χ3n) is 5.79. The van der Waals surface area contributed by atoms with Gasteiger partial charge in [0.1, 0.15) is 5.56 Å². The highest BCUT2D eigenvalue weighted by Crippen LogP contribution is 2.31. The molecule has 5 heteroatoms. The third-order valence-corrected chi connectivity index (χ3v) is 10.6. The van der Waals surface area contributed by atoms with Gasteiger partial charge in [-0.2, -0.15) is 0 Å². The first kappa shape index (κ1) is 26.1. The monoisotopic (exact) mass is 456 g/mol. The van der Waals surface area contributed by atoms with Gasteiger partial charge in [-0.05, 0) is 12.1 Å². The van der Waals surface area contributed by atoms with Crippen LogP contribution in [0.15, 0.2) is 0 Å². The summed E-state index contributed by atoms with van der Waals surface area (Å²) in [5.41, 5.74) is -0.374. The van der Waals surface area contributed by atoms with Crippen molar-refractivity contribution in [3.63, 3.8) is 0 Å². The second kappa shape index (κ2) is 17.9. The molecule has 0 saturated carbocycles. The maximum absolute atomic E-state index is 6.27. The Morgan fingerprint density at radius 3 is 1.48 bits per heavy atom. The zero-order valence-electron chi connectivity index (χ0n) is 17.6. The average Bonchev–Trinajstić information content (AvgIpc) is 2.65. The molecule has 0 N–H and O–H groups in total. The predicted molar refractivity (Wildman–Crippen MR) is 126 cm³/mol. The lowest BCUT2D eigenvalue weighted by molar-refractivity contribution is 0.252. The Labute approximate surface area is 186 Å². The van der Waals surface area contributed by atoms with E-state index in [2.05, 4.69) is 6.92 Å². The number of unbranched alkanes of at least 4 members (excludes halogenated alkanes) is 15. The Bertz CT molecular complexity index is 321. The second-order valence-corrected chi connectivity index (χ2v) is 12.5. The summed E-state index contributed by atoms with van der Waals surface area (Å²) in [6, 6.07) is 2.17. The summed E-state index contributed by atoms with van der Waals surface area (Å²) in [5, 5.41) is -0.233. The summed E-state index contributed by atoms with van der Waals surface area (Å²) < 4.78 is 5.88. The van der Waals surface area contributed by atoms with E-state index in [9.17, 15) is 0 Å². The molecule has 1 fully saturated rings. The van der Waals surface area contributed by atoms with Crippen LogP contribution in [0.4, 0.5) is 0 Å². The SMILES string of the molecule is CCCCCCCCCCCCCCCCCC[SiH]1CC(Cl)C(Cl)C(Cl)O1. The van der Waals surface area contributed by atoms with E-state index in [1.54, 1.807) is 0 Å². The number of halogens is 3. The molecule has 0 aromatic carbocycles. The molecule has 4 atom stereocenters. The first-order valence-electron chi connectivity index (χ1n) is 11.7. The highest BCUT2D eigenvalue weighted by Gasteiger charge is 2.35. The zero-order valence-corrected chi connectivity index (χ0v) is 21.0. The fraction of sp³-hybridized carbons (Fsp3) is 1.00. The summed E-state index contributed by atoms with van der Waals surface area (Å²) in [6.07, 6.45) is 22.6. The topological polar surface area (TPSA) is 9.23 Å². The molecule has 27 heavy (non-hydrogen) atoms. The molecule has 0 aromatic rings. The molecule has 4 unspecified atom stereocenters.